The van der Waals surface area contributed by atoms with Gasteiger partial charge in [-0.25, -0.2) is 5.11 Å². The minimum absolute atomic E-state index is 0.0516. The molecule has 0 aliphatic carbocycles. The third-order valence-corrected chi connectivity index (χ3v) is 3.99. The lowest BCUT2D eigenvalue weighted by Gasteiger charge is -2.13. The van der Waals surface area contributed by atoms with Gasteiger partial charge in [-0.1, -0.05) is 54.6 Å². The molecular weight excluding hydrogens is 232 g/mol. The number of rotatable bonds is 2. The third kappa shape index (κ3) is 1.45. The first-order chi connectivity index (χ1) is 9.38. The van der Waals surface area contributed by atoms with Gasteiger partial charge in [-0.2, -0.15) is 0 Å². The van der Waals surface area contributed by atoms with Crippen LogP contribution in [0.2, 0.25) is 0 Å². The van der Waals surface area contributed by atoms with Gasteiger partial charge in [0, 0.05) is 0 Å². The predicted octanol–water partition coefficient (Wildman–Crippen LogP) is 4.56. The number of benzene rings is 4. The van der Waals surface area contributed by atoms with Crippen LogP contribution in [0.3, 0.4) is 0 Å². The Kier molecular flexibility index (Phi) is 2.23. The zero-order valence-electron chi connectivity index (χ0n) is 10.5. The number of hydrogen-bond acceptors (Lipinski definition) is 0. The smallest absolute Gasteiger partial charge is 0.0862 e. The lowest BCUT2D eigenvalue weighted by molar-refractivity contribution is 0.197. The average Bonchev–Trinajstić information content (AvgIpc) is 2.46. The summed E-state index contributed by atoms with van der Waals surface area (Å²) in [5, 5.41) is 18.6. The van der Waals surface area contributed by atoms with Gasteiger partial charge in [0.15, 0.2) is 0 Å². The van der Waals surface area contributed by atoms with Gasteiger partial charge >= 0.3 is 0 Å². The monoisotopic (exact) mass is 245 g/mol. The van der Waals surface area contributed by atoms with E-state index in [0.29, 0.717) is 6.42 Å². The van der Waals surface area contributed by atoms with Crippen LogP contribution in [-0.4, -0.2) is 6.61 Å². The fraction of sp³-hybridized carbons (Fsp3) is 0.111. The van der Waals surface area contributed by atoms with Crippen molar-refractivity contribution in [2.24, 2.45) is 0 Å². The van der Waals surface area contributed by atoms with Gasteiger partial charge in [0.25, 0.3) is 0 Å². The van der Waals surface area contributed by atoms with E-state index in [1.165, 1.54) is 37.9 Å². The maximum Gasteiger partial charge on any atom is 0.0862 e. The van der Waals surface area contributed by atoms with E-state index in [4.69, 9.17) is 0 Å². The molecule has 0 fully saturated rings. The highest BCUT2D eigenvalue weighted by atomic mass is 16.2. The molecule has 0 aromatic heterocycles. The Morgan fingerprint density at radius 2 is 1.32 bits per heavy atom. The zero-order chi connectivity index (χ0) is 12.8. The Balaban J connectivity index is 2.28. The largest absolute Gasteiger partial charge is 0.236 e. The van der Waals surface area contributed by atoms with Crippen LogP contribution >= 0.6 is 0 Å². The minimum Gasteiger partial charge on any atom is -0.236 e. The van der Waals surface area contributed by atoms with Crippen LogP contribution in [0.25, 0.3) is 32.3 Å². The summed E-state index contributed by atoms with van der Waals surface area (Å²) in [6, 6.07) is 19.3. The van der Waals surface area contributed by atoms with Crippen molar-refractivity contribution in [3.63, 3.8) is 0 Å². The first-order valence-corrected chi connectivity index (χ1v) is 6.62. The summed E-state index contributed by atoms with van der Waals surface area (Å²) in [4.78, 5) is 0. The highest BCUT2D eigenvalue weighted by Gasteiger charge is 2.10. The third-order valence-electron chi connectivity index (χ3n) is 3.99. The van der Waals surface area contributed by atoms with Crippen molar-refractivity contribution in [1.29, 1.82) is 0 Å². The van der Waals surface area contributed by atoms with E-state index in [0.717, 1.165) is 0 Å². The van der Waals surface area contributed by atoms with E-state index in [9.17, 15) is 5.11 Å². The summed E-state index contributed by atoms with van der Waals surface area (Å²) >= 11 is 0. The Bertz CT molecular complexity index is 861. The number of hydrogen-bond donors (Lipinski definition) is 0. The van der Waals surface area contributed by atoms with Gasteiger partial charge in [-0.05, 0) is 44.3 Å². The first kappa shape index (κ1) is 10.8. The van der Waals surface area contributed by atoms with E-state index in [1.807, 2.05) is 0 Å². The van der Waals surface area contributed by atoms with Crippen molar-refractivity contribution in [2.75, 3.05) is 6.61 Å². The van der Waals surface area contributed by atoms with Crippen molar-refractivity contribution in [1.82, 2.24) is 0 Å². The molecule has 1 heteroatoms. The summed E-state index contributed by atoms with van der Waals surface area (Å²) in [6.07, 6.45) is 0.605. The molecule has 0 aliphatic heterocycles. The topological polar surface area (TPSA) is 19.9 Å². The second-order valence-corrected chi connectivity index (χ2v) is 5.03. The summed E-state index contributed by atoms with van der Waals surface area (Å²) in [5.74, 6) is 0. The average molecular weight is 245 g/mol. The normalized spacial score (nSPS) is 11.8. The molecule has 0 amide bonds. The summed E-state index contributed by atoms with van der Waals surface area (Å²) in [6.45, 7) is -0.0516. The molecule has 0 saturated heterocycles. The van der Waals surface area contributed by atoms with E-state index in [1.54, 1.807) is 0 Å². The predicted molar refractivity (Wildman–Crippen MR) is 79.4 cm³/mol. The van der Waals surface area contributed by atoms with Crippen LogP contribution in [-0.2, 0) is 11.5 Å². The molecule has 4 rings (SSSR count). The molecule has 4 aromatic carbocycles. The van der Waals surface area contributed by atoms with E-state index < -0.39 is 0 Å². The molecule has 19 heavy (non-hydrogen) atoms. The van der Waals surface area contributed by atoms with Crippen molar-refractivity contribution < 1.29 is 5.11 Å². The van der Waals surface area contributed by atoms with Crippen LogP contribution in [0.1, 0.15) is 5.56 Å². The second-order valence-electron chi connectivity index (χ2n) is 5.03. The minimum atomic E-state index is -0.0516. The maximum absolute atomic E-state index is 11.0. The van der Waals surface area contributed by atoms with Crippen LogP contribution in [0.4, 0.5) is 0 Å². The fourth-order valence-electron chi connectivity index (χ4n) is 3.12. The second kappa shape index (κ2) is 3.94. The maximum atomic E-state index is 11.0. The first-order valence-electron chi connectivity index (χ1n) is 6.62. The zero-order valence-corrected chi connectivity index (χ0v) is 10.5. The quantitative estimate of drug-likeness (QED) is 0.461. The molecule has 1 radical (unpaired) electrons. The lowest BCUT2D eigenvalue weighted by atomic mass is 9.91. The van der Waals surface area contributed by atoms with Crippen molar-refractivity contribution in [2.45, 2.75) is 6.42 Å². The van der Waals surface area contributed by atoms with Crippen LogP contribution < -0.4 is 0 Å². The Labute approximate surface area is 111 Å². The molecular formula is C18H13O. The van der Waals surface area contributed by atoms with Gasteiger partial charge in [-0.15, -0.1) is 0 Å². The van der Waals surface area contributed by atoms with Crippen LogP contribution in [0, 0.1) is 0 Å². The Morgan fingerprint density at radius 3 is 2.05 bits per heavy atom. The van der Waals surface area contributed by atoms with Gasteiger partial charge in [0.1, 0.15) is 0 Å². The van der Waals surface area contributed by atoms with Crippen LogP contribution in [0.15, 0.2) is 54.6 Å². The van der Waals surface area contributed by atoms with Gasteiger partial charge in [0.2, 0.25) is 0 Å². The molecule has 91 valence electrons. The van der Waals surface area contributed by atoms with Gasteiger partial charge in [-0.3, -0.25) is 0 Å². The summed E-state index contributed by atoms with van der Waals surface area (Å²) < 4.78 is 0. The van der Waals surface area contributed by atoms with E-state index in [2.05, 4.69) is 54.6 Å². The molecule has 0 aliphatic rings. The van der Waals surface area contributed by atoms with Crippen molar-refractivity contribution in [3.8, 4) is 0 Å². The summed E-state index contributed by atoms with van der Waals surface area (Å²) in [7, 11) is 0. The molecule has 0 unspecified atom stereocenters. The lowest BCUT2D eigenvalue weighted by Crippen LogP contribution is -1.92. The fourth-order valence-corrected chi connectivity index (χ4v) is 3.12. The van der Waals surface area contributed by atoms with E-state index in [-0.39, 0.29) is 6.61 Å². The van der Waals surface area contributed by atoms with Crippen molar-refractivity contribution >= 4 is 32.3 Å². The molecule has 4 aromatic rings. The van der Waals surface area contributed by atoms with Crippen LogP contribution in [0.5, 0.6) is 0 Å². The molecule has 1 nitrogen and oxygen atoms in total. The van der Waals surface area contributed by atoms with Gasteiger partial charge in [0.05, 0.1) is 6.61 Å². The molecule has 0 atom stereocenters. The highest BCUT2D eigenvalue weighted by Crippen LogP contribution is 2.35. The van der Waals surface area contributed by atoms with Gasteiger partial charge < -0.3 is 0 Å². The van der Waals surface area contributed by atoms with E-state index >= 15 is 0 Å². The molecule has 0 N–H and O–H groups in total. The SMILES string of the molecule is [O]CCc1ccc2ccc3cccc4ccc1c2c34. The molecule has 0 saturated carbocycles. The van der Waals surface area contributed by atoms with Crippen molar-refractivity contribution in [3.05, 3.63) is 60.2 Å². The Morgan fingerprint density at radius 1 is 0.684 bits per heavy atom. The highest BCUT2D eigenvalue weighted by molar-refractivity contribution is 6.23. The molecule has 0 spiro atoms. The standard InChI is InChI=1S/C18H13O/c19-11-10-12-4-5-15-7-6-13-2-1-3-14-8-9-16(12)18(15)17(13)14/h1-9H,10-11H2. The molecule has 0 bridgehead atoms. The Hall–Kier alpha value is -2.12. The molecule has 0 heterocycles. The summed E-state index contributed by atoms with van der Waals surface area (Å²) in [5.41, 5.74) is 1.17.